The van der Waals surface area contributed by atoms with Crippen molar-refractivity contribution in [3.05, 3.63) is 96.2 Å². The smallest absolute Gasteiger partial charge is 0.264 e. The fourth-order valence-electron chi connectivity index (χ4n) is 3.88. The number of nitrogens with one attached hydrogen (secondary N) is 1. The van der Waals surface area contributed by atoms with Crippen LogP contribution in [0.5, 0.6) is 0 Å². The molecule has 1 N–H and O–H groups in total. The molecule has 31 heavy (non-hydrogen) atoms. The van der Waals surface area contributed by atoms with Crippen LogP contribution in [0.2, 0.25) is 0 Å². The predicted octanol–water partition coefficient (Wildman–Crippen LogP) is 4.24. The molecule has 2 heterocycles. The lowest BCUT2D eigenvalue weighted by molar-refractivity contribution is 0.102. The number of hydrogen-bond acceptors (Lipinski definition) is 4. The van der Waals surface area contributed by atoms with Gasteiger partial charge in [0.2, 0.25) is 0 Å². The van der Waals surface area contributed by atoms with Crippen molar-refractivity contribution in [1.82, 2.24) is 4.98 Å². The predicted molar refractivity (Wildman–Crippen MR) is 121 cm³/mol. The van der Waals surface area contributed by atoms with Gasteiger partial charge in [-0.2, -0.15) is 0 Å². The van der Waals surface area contributed by atoms with E-state index in [4.69, 9.17) is 0 Å². The molecule has 7 heteroatoms. The van der Waals surface area contributed by atoms with Crippen LogP contribution in [0.1, 0.15) is 15.9 Å². The summed E-state index contributed by atoms with van der Waals surface area (Å²) in [5, 5.41) is 3.76. The van der Waals surface area contributed by atoms with Crippen LogP contribution in [0.15, 0.2) is 90.0 Å². The Hall–Kier alpha value is -3.71. The molecule has 0 aliphatic carbocycles. The van der Waals surface area contributed by atoms with E-state index in [0.29, 0.717) is 29.9 Å². The quantitative estimate of drug-likeness (QED) is 0.526. The number of hydrogen-bond donors (Lipinski definition) is 1. The maximum absolute atomic E-state index is 13.3. The van der Waals surface area contributed by atoms with Gasteiger partial charge in [0.05, 0.1) is 21.8 Å². The summed E-state index contributed by atoms with van der Waals surface area (Å²) < 4.78 is 28.0. The molecule has 0 atom stereocenters. The van der Waals surface area contributed by atoms with E-state index in [1.807, 2.05) is 48.5 Å². The van der Waals surface area contributed by atoms with E-state index in [-0.39, 0.29) is 10.5 Å². The number of anilines is 2. The zero-order chi connectivity index (χ0) is 21.4. The van der Waals surface area contributed by atoms with Gasteiger partial charge < -0.3 is 5.32 Å². The number of para-hydroxylation sites is 2. The van der Waals surface area contributed by atoms with Crippen LogP contribution in [-0.2, 0) is 16.4 Å². The summed E-state index contributed by atoms with van der Waals surface area (Å²) in [5.41, 5.74) is 3.21. The maximum Gasteiger partial charge on any atom is 0.264 e. The SMILES string of the molecule is O=C(Nc1cccc2cccnc12)c1cccc(S(=O)(=O)N2CCc3ccccc32)c1. The number of rotatable bonds is 4. The minimum atomic E-state index is -3.77. The van der Waals surface area contributed by atoms with Crippen molar-refractivity contribution in [2.24, 2.45) is 0 Å². The van der Waals surface area contributed by atoms with Gasteiger partial charge >= 0.3 is 0 Å². The van der Waals surface area contributed by atoms with Gasteiger partial charge in [-0.05, 0) is 48.4 Å². The molecule has 1 aromatic heterocycles. The molecule has 1 aliphatic rings. The van der Waals surface area contributed by atoms with E-state index in [1.54, 1.807) is 24.4 Å². The van der Waals surface area contributed by atoms with Gasteiger partial charge in [0, 0.05) is 23.7 Å². The molecule has 0 fully saturated rings. The molecule has 0 spiro atoms. The summed E-state index contributed by atoms with van der Waals surface area (Å²) in [6.07, 6.45) is 2.34. The molecule has 0 unspecified atom stereocenters. The van der Waals surface area contributed by atoms with Gasteiger partial charge in [0.25, 0.3) is 15.9 Å². The van der Waals surface area contributed by atoms with Gasteiger partial charge in [0.1, 0.15) is 0 Å². The molecule has 1 amide bonds. The van der Waals surface area contributed by atoms with Crippen LogP contribution in [-0.4, -0.2) is 25.9 Å². The van der Waals surface area contributed by atoms with Crippen molar-refractivity contribution in [3.63, 3.8) is 0 Å². The summed E-state index contributed by atoms with van der Waals surface area (Å²) in [5.74, 6) is -0.392. The van der Waals surface area contributed by atoms with E-state index in [2.05, 4.69) is 10.3 Å². The van der Waals surface area contributed by atoms with Crippen molar-refractivity contribution < 1.29 is 13.2 Å². The number of carbonyl (C=O) groups is 1. The number of amides is 1. The van der Waals surface area contributed by atoms with Crippen molar-refractivity contribution in [1.29, 1.82) is 0 Å². The first-order valence-electron chi connectivity index (χ1n) is 9.90. The molecular formula is C24H19N3O3S. The number of fused-ring (bicyclic) bond motifs is 2. The summed E-state index contributed by atoms with van der Waals surface area (Å²) >= 11 is 0. The van der Waals surface area contributed by atoms with Crippen molar-refractivity contribution in [3.8, 4) is 0 Å². The first-order valence-corrected chi connectivity index (χ1v) is 11.3. The second-order valence-corrected chi connectivity index (χ2v) is 9.18. The minimum absolute atomic E-state index is 0.0906. The molecule has 5 rings (SSSR count). The number of sulfonamides is 1. The average molecular weight is 430 g/mol. The van der Waals surface area contributed by atoms with Gasteiger partial charge in [0.15, 0.2) is 0 Å². The van der Waals surface area contributed by atoms with Gasteiger partial charge in [-0.1, -0.05) is 42.5 Å². The normalized spacial score (nSPS) is 13.2. The minimum Gasteiger partial charge on any atom is -0.320 e. The average Bonchev–Trinajstić information content (AvgIpc) is 3.24. The van der Waals surface area contributed by atoms with E-state index in [9.17, 15) is 13.2 Å². The number of aromatic nitrogens is 1. The first kappa shape index (κ1) is 19.3. The van der Waals surface area contributed by atoms with E-state index < -0.39 is 15.9 Å². The topological polar surface area (TPSA) is 79.4 Å². The molecule has 0 radical (unpaired) electrons. The summed E-state index contributed by atoms with van der Waals surface area (Å²) in [6.45, 7) is 0.389. The van der Waals surface area contributed by atoms with Gasteiger partial charge in [-0.25, -0.2) is 8.42 Å². The van der Waals surface area contributed by atoms with E-state index >= 15 is 0 Å². The maximum atomic E-state index is 13.3. The lowest BCUT2D eigenvalue weighted by atomic mass is 10.1. The number of nitrogens with zero attached hydrogens (tertiary/aromatic N) is 2. The van der Waals surface area contributed by atoms with Crippen LogP contribution in [0, 0.1) is 0 Å². The lowest BCUT2D eigenvalue weighted by Crippen LogP contribution is -2.29. The third kappa shape index (κ3) is 3.43. The molecule has 3 aromatic carbocycles. The summed E-state index contributed by atoms with van der Waals surface area (Å²) in [7, 11) is -3.77. The fourth-order valence-corrected chi connectivity index (χ4v) is 5.43. The third-order valence-corrected chi connectivity index (χ3v) is 7.22. The Kier molecular flexibility index (Phi) is 4.67. The zero-order valence-corrected chi connectivity index (χ0v) is 17.3. The van der Waals surface area contributed by atoms with Gasteiger partial charge in [-0.3, -0.25) is 14.1 Å². The second-order valence-electron chi connectivity index (χ2n) is 7.32. The lowest BCUT2D eigenvalue weighted by Gasteiger charge is -2.20. The van der Waals surface area contributed by atoms with E-state index in [0.717, 1.165) is 10.9 Å². The zero-order valence-electron chi connectivity index (χ0n) is 16.5. The fraction of sp³-hybridized carbons (Fsp3) is 0.0833. The molecule has 0 saturated heterocycles. The van der Waals surface area contributed by atoms with Crippen LogP contribution < -0.4 is 9.62 Å². The van der Waals surface area contributed by atoms with E-state index in [1.165, 1.54) is 16.4 Å². The molecule has 0 saturated carbocycles. The Bertz CT molecular complexity index is 1410. The van der Waals surface area contributed by atoms with Crippen LogP contribution in [0.4, 0.5) is 11.4 Å². The Morgan fingerprint density at radius 3 is 2.65 bits per heavy atom. The molecule has 6 nitrogen and oxygen atoms in total. The summed E-state index contributed by atoms with van der Waals surface area (Å²) in [6, 6.07) is 22.9. The Balaban J connectivity index is 1.46. The molecule has 4 aromatic rings. The highest BCUT2D eigenvalue weighted by atomic mass is 32.2. The van der Waals surface area contributed by atoms with Crippen LogP contribution >= 0.6 is 0 Å². The van der Waals surface area contributed by atoms with Crippen molar-refractivity contribution in [2.45, 2.75) is 11.3 Å². The molecular weight excluding hydrogens is 410 g/mol. The first-order chi connectivity index (χ1) is 15.0. The van der Waals surface area contributed by atoms with Crippen molar-refractivity contribution in [2.75, 3.05) is 16.2 Å². The van der Waals surface area contributed by atoms with Gasteiger partial charge in [-0.15, -0.1) is 0 Å². The highest BCUT2D eigenvalue weighted by Crippen LogP contribution is 2.33. The standard InChI is InChI=1S/C24H19N3O3S/c28-24(26-21-11-4-7-18-9-5-14-25-23(18)21)19-8-3-10-20(16-19)31(29,30)27-15-13-17-6-1-2-12-22(17)27/h1-12,14,16H,13,15H2,(H,26,28). The largest absolute Gasteiger partial charge is 0.320 e. The monoisotopic (exact) mass is 429 g/mol. The highest BCUT2D eigenvalue weighted by Gasteiger charge is 2.31. The Labute approximate surface area is 180 Å². The highest BCUT2D eigenvalue weighted by molar-refractivity contribution is 7.92. The Morgan fingerprint density at radius 1 is 0.935 bits per heavy atom. The molecule has 0 bridgehead atoms. The molecule has 154 valence electrons. The second kappa shape index (κ2) is 7.52. The van der Waals surface area contributed by atoms with Crippen molar-refractivity contribution >= 4 is 38.2 Å². The number of benzene rings is 3. The van der Waals surface area contributed by atoms with Crippen LogP contribution in [0.25, 0.3) is 10.9 Å². The number of carbonyl (C=O) groups excluding carboxylic acids is 1. The molecule has 1 aliphatic heterocycles. The summed E-state index contributed by atoms with van der Waals surface area (Å²) in [4.78, 5) is 17.3. The Morgan fingerprint density at radius 2 is 1.74 bits per heavy atom. The number of pyridine rings is 1. The van der Waals surface area contributed by atoms with Crippen LogP contribution in [0.3, 0.4) is 0 Å². The third-order valence-electron chi connectivity index (χ3n) is 5.41.